The molecular formula is C22H28N4O5. The minimum absolute atomic E-state index is 0.0422. The maximum absolute atomic E-state index is 12.6. The van der Waals surface area contributed by atoms with Gasteiger partial charge in [0.05, 0.1) is 18.7 Å². The van der Waals surface area contributed by atoms with Crippen molar-refractivity contribution in [2.75, 3.05) is 23.4 Å². The summed E-state index contributed by atoms with van der Waals surface area (Å²) >= 11 is 0. The van der Waals surface area contributed by atoms with Gasteiger partial charge in [0, 0.05) is 30.8 Å². The van der Waals surface area contributed by atoms with E-state index in [-0.39, 0.29) is 24.9 Å². The number of nitrogens with zero attached hydrogens (tertiary/aromatic N) is 3. The molecule has 1 aromatic carbocycles. The zero-order valence-electron chi connectivity index (χ0n) is 18.2. The number of hydrogen-bond acceptors (Lipinski definition) is 6. The first-order valence-corrected chi connectivity index (χ1v) is 10.4. The van der Waals surface area contributed by atoms with Crippen LogP contribution in [0.2, 0.25) is 0 Å². The molecule has 0 radical (unpaired) electrons. The molecule has 2 unspecified atom stereocenters. The summed E-state index contributed by atoms with van der Waals surface area (Å²) in [6, 6.07) is 8.88. The molecule has 0 saturated carbocycles. The van der Waals surface area contributed by atoms with Crippen molar-refractivity contribution in [1.29, 1.82) is 0 Å². The third-order valence-electron chi connectivity index (χ3n) is 4.99. The van der Waals surface area contributed by atoms with Gasteiger partial charge in [-0.1, -0.05) is 0 Å². The molecule has 3 rings (SSSR count). The van der Waals surface area contributed by atoms with Crippen LogP contribution in [-0.4, -0.2) is 46.8 Å². The second-order valence-corrected chi connectivity index (χ2v) is 7.66. The van der Waals surface area contributed by atoms with E-state index in [2.05, 4.69) is 10.4 Å². The number of benzene rings is 1. The number of amides is 2. The van der Waals surface area contributed by atoms with Crippen LogP contribution in [0.3, 0.4) is 0 Å². The summed E-state index contributed by atoms with van der Waals surface area (Å²) in [6.45, 7) is 8.05. The van der Waals surface area contributed by atoms with Gasteiger partial charge in [-0.25, -0.2) is 4.68 Å². The predicted molar refractivity (Wildman–Crippen MR) is 115 cm³/mol. The number of rotatable bonds is 8. The Hall–Kier alpha value is -3.36. The minimum atomic E-state index is -1.00. The monoisotopic (exact) mass is 428 g/mol. The topological polar surface area (TPSA) is 103 Å². The van der Waals surface area contributed by atoms with Gasteiger partial charge in [-0.3, -0.25) is 14.4 Å². The lowest BCUT2D eigenvalue weighted by Crippen LogP contribution is -2.34. The second-order valence-electron chi connectivity index (χ2n) is 7.66. The zero-order valence-corrected chi connectivity index (χ0v) is 18.2. The SMILES string of the molecule is CCOc1ccc(N2CC(C(=O)OC(C)C(=O)Nc3ccnn3C(C)C)CC2=O)cc1. The average Bonchev–Trinajstić information content (AvgIpc) is 3.35. The molecule has 0 spiro atoms. The van der Waals surface area contributed by atoms with E-state index in [9.17, 15) is 14.4 Å². The summed E-state index contributed by atoms with van der Waals surface area (Å²) in [7, 11) is 0. The number of carbonyl (C=O) groups is 3. The Balaban J connectivity index is 1.57. The summed E-state index contributed by atoms with van der Waals surface area (Å²) < 4.78 is 12.4. The van der Waals surface area contributed by atoms with Gasteiger partial charge in [-0.05, 0) is 52.0 Å². The molecule has 2 heterocycles. The number of anilines is 2. The van der Waals surface area contributed by atoms with E-state index >= 15 is 0 Å². The van der Waals surface area contributed by atoms with Crippen LogP contribution in [0.1, 0.15) is 40.2 Å². The van der Waals surface area contributed by atoms with Crippen molar-refractivity contribution >= 4 is 29.3 Å². The molecule has 9 nitrogen and oxygen atoms in total. The third kappa shape index (κ3) is 5.22. The van der Waals surface area contributed by atoms with E-state index in [0.717, 1.165) is 0 Å². The fourth-order valence-corrected chi connectivity index (χ4v) is 3.38. The quantitative estimate of drug-likeness (QED) is 0.649. The summed E-state index contributed by atoms with van der Waals surface area (Å²) in [5, 5.41) is 6.88. The average molecular weight is 428 g/mol. The van der Waals surface area contributed by atoms with Gasteiger partial charge in [-0.15, -0.1) is 0 Å². The van der Waals surface area contributed by atoms with E-state index in [0.29, 0.717) is 23.9 Å². The van der Waals surface area contributed by atoms with Crippen molar-refractivity contribution in [3.63, 3.8) is 0 Å². The first-order valence-electron chi connectivity index (χ1n) is 10.4. The standard InChI is InChI=1S/C22H28N4O5/c1-5-30-18-8-6-17(7-9-18)25-13-16(12-20(25)27)22(29)31-15(4)21(28)24-19-10-11-23-26(19)14(2)3/h6-11,14-16H,5,12-13H2,1-4H3,(H,24,28). The van der Waals surface area contributed by atoms with Crippen molar-refractivity contribution in [2.45, 2.75) is 46.3 Å². The smallest absolute Gasteiger partial charge is 0.312 e. The van der Waals surface area contributed by atoms with E-state index in [4.69, 9.17) is 9.47 Å². The number of carbonyl (C=O) groups excluding carboxylic acids is 3. The molecule has 2 amide bonds. The molecule has 2 atom stereocenters. The van der Waals surface area contributed by atoms with Gasteiger partial charge in [0.15, 0.2) is 6.10 Å². The highest BCUT2D eigenvalue weighted by atomic mass is 16.5. The zero-order chi connectivity index (χ0) is 22.5. The molecule has 9 heteroatoms. The minimum Gasteiger partial charge on any atom is -0.494 e. The molecule has 1 N–H and O–H groups in total. The van der Waals surface area contributed by atoms with Crippen LogP contribution in [0, 0.1) is 5.92 Å². The number of nitrogens with one attached hydrogen (secondary N) is 1. The maximum Gasteiger partial charge on any atom is 0.312 e. The largest absolute Gasteiger partial charge is 0.494 e. The van der Waals surface area contributed by atoms with Crippen LogP contribution in [0.25, 0.3) is 0 Å². The molecule has 0 bridgehead atoms. The third-order valence-corrected chi connectivity index (χ3v) is 4.99. The van der Waals surface area contributed by atoms with Crippen LogP contribution >= 0.6 is 0 Å². The molecule has 0 aliphatic carbocycles. The highest BCUT2D eigenvalue weighted by Crippen LogP contribution is 2.28. The van der Waals surface area contributed by atoms with E-state index in [1.54, 1.807) is 46.1 Å². The van der Waals surface area contributed by atoms with Gasteiger partial charge in [0.1, 0.15) is 11.6 Å². The van der Waals surface area contributed by atoms with Crippen molar-refractivity contribution in [3.05, 3.63) is 36.5 Å². The van der Waals surface area contributed by atoms with Gasteiger partial charge in [0.2, 0.25) is 5.91 Å². The lowest BCUT2D eigenvalue weighted by molar-refractivity contribution is -0.157. The number of esters is 1. The molecule has 1 fully saturated rings. The Morgan fingerprint density at radius 3 is 2.55 bits per heavy atom. The lowest BCUT2D eigenvalue weighted by Gasteiger charge is -2.18. The second kappa shape index (κ2) is 9.63. The fourth-order valence-electron chi connectivity index (χ4n) is 3.38. The predicted octanol–water partition coefficient (Wildman–Crippen LogP) is 2.79. The van der Waals surface area contributed by atoms with Gasteiger partial charge >= 0.3 is 5.97 Å². The number of aromatic nitrogens is 2. The number of hydrogen-bond donors (Lipinski definition) is 1. The van der Waals surface area contributed by atoms with Gasteiger partial charge in [0.25, 0.3) is 5.91 Å². The summed E-state index contributed by atoms with van der Waals surface area (Å²) in [5.41, 5.74) is 0.691. The van der Waals surface area contributed by atoms with Gasteiger partial charge in [-0.2, -0.15) is 5.10 Å². The Morgan fingerprint density at radius 1 is 1.19 bits per heavy atom. The van der Waals surface area contributed by atoms with E-state index in [1.807, 2.05) is 20.8 Å². The Morgan fingerprint density at radius 2 is 1.90 bits per heavy atom. The Kier molecular flexibility index (Phi) is 6.94. The molecule has 31 heavy (non-hydrogen) atoms. The first-order chi connectivity index (χ1) is 14.8. The normalized spacial score (nSPS) is 17.0. The lowest BCUT2D eigenvalue weighted by atomic mass is 10.1. The van der Waals surface area contributed by atoms with E-state index in [1.165, 1.54) is 6.92 Å². The van der Waals surface area contributed by atoms with Crippen LogP contribution in [0.5, 0.6) is 5.75 Å². The molecule has 166 valence electrons. The molecule has 1 saturated heterocycles. The van der Waals surface area contributed by atoms with Crippen molar-refractivity contribution < 1.29 is 23.9 Å². The highest BCUT2D eigenvalue weighted by Gasteiger charge is 2.37. The van der Waals surface area contributed by atoms with Crippen LogP contribution in [-0.2, 0) is 19.1 Å². The Bertz CT molecular complexity index is 938. The van der Waals surface area contributed by atoms with Crippen LogP contribution in [0.15, 0.2) is 36.5 Å². The van der Waals surface area contributed by atoms with Crippen molar-refractivity contribution in [2.24, 2.45) is 5.92 Å². The molecule has 1 aliphatic rings. The summed E-state index contributed by atoms with van der Waals surface area (Å²) in [6.07, 6.45) is 0.629. The van der Waals surface area contributed by atoms with E-state index < -0.39 is 23.9 Å². The number of ether oxygens (including phenoxy) is 2. The molecule has 1 aliphatic heterocycles. The molecular weight excluding hydrogens is 400 g/mol. The van der Waals surface area contributed by atoms with Gasteiger partial charge < -0.3 is 19.7 Å². The van der Waals surface area contributed by atoms with Crippen molar-refractivity contribution in [1.82, 2.24) is 9.78 Å². The molecule has 1 aromatic heterocycles. The van der Waals surface area contributed by atoms with Crippen molar-refractivity contribution in [3.8, 4) is 5.75 Å². The molecule has 2 aromatic rings. The first kappa shape index (κ1) is 22.3. The summed E-state index contributed by atoms with van der Waals surface area (Å²) in [5.74, 6) is -0.571. The van der Waals surface area contributed by atoms with Crippen LogP contribution < -0.4 is 15.0 Å². The highest BCUT2D eigenvalue weighted by molar-refractivity contribution is 6.00. The van der Waals surface area contributed by atoms with Crippen LogP contribution in [0.4, 0.5) is 11.5 Å². The Labute approximate surface area is 181 Å². The fraction of sp³-hybridized carbons (Fsp3) is 0.455. The maximum atomic E-state index is 12.6. The summed E-state index contributed by atoms with van der Waals surface area (Å²) in [4.78, 5) is 39.0.